The van der Waals surface area contributed by atoms with Crippen LogP contribution in [-0.4, -0.2) is 49.2 Å². The number of carboxylic acids is 1. The zero-order chi connectivity index (χ0) is 14.0. The molecule has 104 valence electrons. The van der Waals surface area contributed by atoms with Crippen LogP contribution in [0.4, 0.5) is 11.4 Å². The van der Waals surface area contributed by atoms with Crippen LogP contribution < -0.4 is 10.6 Å². The lowest BCUT2D eigenvalue weighted by molar-refractivity contribution is 0.0697. The second kappa shape index (κ2) is 5.48. The average molecular weight is 263 g/mol. The molecule has 0 aromatic heterocycles. The lowest BCUT2D eigenvalue weighted by Gasteiger charge is -2.38. The summed E-state index contributed by atoms with van der Waals surface area (Å²) in [5.41, 5.74) is 7.47. The largest absolute Gasteiger partial charge is 0.478 e. The Morgan fingerprint density at radius 1 is 1.47 bits per heavy atom. The minimum Gasteiger partial charge on any atom is -0.478 e. The van der Waals surface area contributed by atoms with Crippen LogP contribution in [0.2, 0.25) is 0 Å². The van der Waals surface area contributed by atoms with E-state index in [4.69, 9.17) is 5.73 Å². The van der Waals surface area contributed by atoms with Gasteiger partial charge in [-0.25, -0.2) is 4.79 Å². The van der Waals surface area contributed by atoms with Crippen LogP contribution in [0.15, 0.2) is 18.2 Å². The molecule has 1 aliphatic rings. The summed E-state index contributed by atoms with van der Waals surface area (Å²) in [4.78, 5) is 15.6. The molecule has 0 radical (unpaired) electrons. The molecule has 5 nitrogen and oxygen atoms in total. The van der Waals surface area contributed by atoms with Gasteiger partial charge in [-0.15, -0.1) is 0 Å². The molecule has 1 unspecified atom stereocenters. The van der Waals surface area contributed by atoms with Crippen molar-refractivity contribution in [2.75, 3.05) is 37.8 Å². The molecule has 1 aromatic carbocycles. The summed E-state index contributed by atoms with van der Waals surface area (Å²) >= 11 is 0. The second-order valence-electron chi connectivity index (χ2n) is 5.29. The highest BCUT2D eigenvalue weighted by molar-refractivity contribution is 5.95. The quantitative estimate of drug-likeness (QED) is 0.809. The van der Waals surface area contributed by atoms with Gasteiger partial charge >= 0.3 is 5.97 Å². The van der Waals surface area contributed by atoms with E-state index < -0.39 is 5.97 Å². The molecule has 0 bridgehead atoms. The Morgan fingerprint density at radius 3 is 2.84 bits per heavy atom. The lowest BCUT2D eigenvalue weighted by atomic mass is 10.0. The van der Waals surface area contributed by atoms with E-state index in [0.29, 0.717) is 17.3 Å². The molecule has 1 atom stereocenters. The van der Waals surface area contributed by atoms with Crippen molar-refractivity contribution in [1.29, 1.82) is 0 Å². The molecular weight excluding hydrogens is 242 g/mol. The third-order valence-corrected chi connectivity index (χ3v) is 3.72. The van der Waals surface area contributed by atoms with Crippen molar-refractivity contribution >= 4 is 17.3 Å². The zero-order valence-electron chi connectivity index (χ0n) is 11.5. The Balaban J connectivity index is 2.30. The number of carbonyl (C=O) groups is 1. The summed E-state index contributed by atoms with van der Waals surface area (Å²) in [6.07, 6.45) is 2.21. The maximum Gasteiger partial charge on any atom is 0.337 e. The third-order valence-electron chi connectivity index (χ3n) is 3.72. The Hall–Kier alpha value is -1.75. The van der Waals surface area contributed by atoms with Crippen molar-refractivity contribution in [3.05, 3.63) is 23.8 Å². The fourth-order valence-electron chi connectivity index (χ4n) is 2.59. The number of hydrogen-bond donors (Lipinski definition) is 2. The number of piperidine rings is 1. The van der Waals surface area contributed by atoms with E-state index in [1.54, 1.807) is 18.2 Å². The highest BCUT2D eigenvalue weighted by atomic mass is 16.4. The Morgan fingerprint density at radius 2 is 2.21 bits per heavy atom. The van der Waals surface area contributed by atoms with Gasteiger partial charge in [0.15, 0.2) is 0 Å². The molecule has 1 saturated heterocycles. The van der Waals surface area contributed by atoms with Gasteiger partial charge in [0.1, 0.15) is 0 Å². The number of aromatic carboxylic acids is 1. The first kappa shape index (κ1) is 13.7. The van der Waals surface area contributed by atoms with Gasteiger partial charge in [-0.3, -0.25) is 0 Å². The van der Waals surface area contributed by atoms with Crippen molar-refractivity contribution in [3.63, 3.8) is 0 Å². The molecule has 0 saturated carbocycles. The second-order valence-corrected chi connectivity index (χ2v) is 5.29. The van der Waals surface area contributed by atoms with E-state index in [9.17, 15) is 9.90 Å². The molecule has 5 heteroatoms. The Bertz CT molecular complexity index is 474. The van der Waals surface area contributed by atoms with E-state index in [2.05, 4.69) is 23.9 Å². The number of rotatable bonds is 3. The van der Waals surface area contributed by atoms with E-state index in [1.807, 2.05) is 0 Å². The minimum atomic E-state index is -0.901. The fraction of sp³-hybridized carbons (Fsp3) is 0.500. The number of anilines is 2. The highest BCUT2D eigenvalue weighted by Crippen LogP contribution is 2.27. The number of likely N-dealkylation sites (N-methyl/N-ethyl adjacent to an activating group) is 1. The van der Waals surface area contributed by atoms with Crippen molar-refractivity contribution in [2.24, 2.45) is 0 Å². The van der Waals surface area contributed by atoms with Gasteiger partial charge < -0.3 is 20.6 Å². The number of hydrogen-bond acceptors (Lipinski definition) is 4. The number of nitrogen functional groups attached to an aromatic ring is 1. The smallest absolute Gasteiger partial charge is 0.337 e. The van der Waals surface area contributed by atoms with Gasteiger partial charge in [0, 0.05) is 24.8 Å². The first-order chi connectivity index (χ1) is 8.99. The molecule has 0 spiro atoms. The summed E-state index contributed by atoms with van der Waals surface area (Å²) in [6.45, 7) is 1.73. The van der Waals surface area contributed by atoms with E-state index in [1.165, 1.54) is 0 Å². The molecule has 1 aromatic rings. The van der Waals surface area contributed by atoms with Gasteiger partial charge in [0.2, 0.25) is 0 Å². The van der Waals surface area contributed by atoms with Gasteiger partial charge in [0.05, 0.1) is 11.3 Å². The van der Waals surface area contributed by atoms with Gasteiger partial charge in [-0.2, -0.15) is 0 Å². The molecule has 1 aliphatic heterocycles. The zero-order valence-corrected chi connectivity index (χ0v) is 11.5. The fourth-order valence-corrected chi connectivity index (χ4v) is 2.59. The first-order valence-corrected chi connectivity index (χ1v) is 6.53. The maximum absolute atomic E-state index is 11.3. The van der Waals surface area contributed by atoms with Crippen molar-refractivity contribution in [1.82, 2.24) is 4.90 Å². The van der Waals surface area contributed by atoms with Crippen LogP contribution in [0.1, 0.15) is 23.2 Å². The lowest BCUT2D eigenvalue weighted by Crippen LogP contribution is -2.45. The van der Waals surface area contributed by atoms with E-state index >= 15 is 0 Å². The molecule has 19 heavy (non-hydrogen) atoms. The predicted octanol–water partition coefficient (Wildman–Crippen LogP) is 1.50. The molecule has 0 amide bonds. The maximum atomic E-state index is 11.3. The summed E-state index contributed by atoms with van der Waals surface area (Å²) < 4.78 is 0. The summed E-state index contributed by atoms with van der Waals surface area (Å²) in [7, 11) is 4.12. The van der Waals surface area contributed by atoms with Gasteiger partial charge in [-0.05, 0) is 45.1 Å². The third kappa shape index (κ3) is 2.98. The normalized spacial score (nSPS) is 19.7. The van der Waals surface area contributed by atoms with Gasteiger partial charge in [-0.1, -0.05) is 0 Å². The number of benzene rings is 1. The molecule has 0 aliphatic carbocycles. The molecule has 1 fully saturated rings. The number of nitrogens with zero attached hydrogens (tertiary/aromatic N) is 2. The first-order valence-electron chi connectivity index (χ1n) is 6.53. The van der Waals surface area contributed by atoms with Crippen LogP contribution in [0.5, 0.6) is 0 Å². The average Bonchev–Trinajstić information content (AvgIpc) is 2.38. The molecule has 2 rings (SSSR count). The van der Waals surface area contributed by atoms with Gasteiger partial charge in [0.25, 0.3) is 0 Å². The van der Waals surface area contributed by atoms with Crippen LogP contribution in [-0.2, 0) is 0 Å². The van der Waals surface area contributed by atoms with E-state index in [0.717, 1.165) is 31.6 Å². The van der Waals surface area contributed by atoms with Crippen LogP contribution in [0.3, 0.4) is 0 Å². The molecule has 3 N–H and O–H groups in total. The molecular formula is C14H21N3O2. The minimum absolute atomic E-state index is 0.327. The predicted molar refractivity (Wildman–Crippen MR) is 76.7 cm³/mol. The summed E-state index contributed by atoms with van der Waals surface area (Å²) in [6, 6.07) is 5.45. The highest BCUT2D eigenvalue weighted by Gasteiger charge is 2.24. The van der Waals surface area contributed by atoms with Crippen LogP contribution >= 0.6 is 0 Å². The monoisotopic (exact) mass is 263 g/mol. The standard InChI is InChI=1S/C14H21N3O2/c1-16(2)11-4-3-7-17(9-11)13-8-10(15)5-6-12(13)14(18)19/h5-6,8,11H,3-4,7,9,15H2,1-2H3,(H,18,19). The topological polar surface area (TPSA) is 69.8 Å². The summed E-state index contributed by atoms with van der Waals surface area (Å²) in [5.74, 6) is -0.901. The van der Waals surface area contributed by atoms with Crippen LogP contribution in [0, 0.1) is 0 Å². The Kier molecular flexibility index (Phi) is 3.95. The van der Waals surface area contributed by atoms with Crippen molar-refractivity contribution < 1.29 is 9.90 Å². The number of nitrogens with two attached hydrogens (primary N) is 1. The SMILES string of the molecule is CN(C)C1CCCN(c2cc(N)ccc2C(=O)O)C1. The number of carboxylic acid groups (broad SMARTS) is 1. The van der Waals surface area contributed by atoms with Crippen LogP contribution in [0.25, 0.3) is 0 Å². The Labute approximate surface area is 113 Å². The molecule has 1 heterocycles. The van der Waals surface area contributed by atoms with E-state index in [-0.39, 0.29) is 0 Å². The van der Waals surface area contributed by atoms with Crippen molar-refractivity contribution in [3.8, 4) is 0 Å². The van der Waals surface area contributed by atoms with Crippen molar-refractivity contribution in [2.45, 2.75) is 18.9 Å². The summed E-state index contributed by atoms with van der Waals surface area (Å²) in [5, 5.41) is 9.28.